The predicted octanol–water partition coefficient (Wildman–Crippen LogP) is 9.02. The minimum Gasteiger partial charge on any atom is -0.371 e. The van der Waals surface area contributed by atoms with Gasteiger partial charge in [0.05, 0.1) is 0 Å². The molecule has 180 valence electrons. The summed E-state index contributed by atoms with van der Waals surface area (Å²) in [5.74, 6) is 1.59. The van der Waals surface area contributed by atoms with E-state index in [4.69, 9.17) is 0 Å². The van der Waals surface area contributed by atoms with Gasteiger partial charge in [0.2, 0.25) is 0 Å². The first kappa shape index (κ1) is 24.6. The molecule has 0 aromatic heterocycles. The van der Waals surface area contributed by atoms with Gasteiger partial charge >= 0.3 is 0 Å². The van der Waals surface area contributed by atoms with Crippen LogP contribution >= 0.6 is 0 Å². The third kappa shape index (κ3) is 5.24. The summed E-state index contributed by atoms with van der Waals surface area (Å²) in [6, 6.07) is 18.0. The van der Waals surface area contributed by atoms with Gasteiger partial charge in [-0.3, -0.25) is 0 Å². The van der Waals surface area contributed by atoms with Crippen molar-refractivity contribution >= 4 is 11.3 Å². The monoisotopic (exact) mass is 453 g/mol. The first-order valence-electron chi connectivity index (χ1n) is 13.3. The third-order valence-electron chi connectivity index (χ3n) is 8.54. The lowest BCUT2D eigenvalue weighted by Gasteiger charge is -2.50. The van der Waals surface area contributed by atoms with Crippen LogP contribution in [0.25, 0.3) is 11.3 Å². The zero-order chi connectivity index (χ0) is 24.1. The fourth-order valence-corrected chi connectivity index (χ4v) is 6.92. The van der Waals surface area contributed by atoms with Crippen LogP contribution in [0.3, 0.4) is 0 Å². The highest BCUT2D eigenvalue weighted by molar-refractivity contribution is 5.80. The van der Waals surface area contributed by atoms with E-state index in [-0.39, 0.29) is 0 Å². The van der Waals surface area contributed by atoms with E-state index in [1.54, 1.807) is 5.56 Å². The molecule has 0 N–H and O–H groups in total. The van der Waals surface area contributed by atoms with Crippen molar-refractivity contribution in [1.29, 1.82) is 0 Å². The normalized spacial score (nSPS) is 22.6. The zero-order valence-electron chi connectivity index (χ0n) is 21.7. The SMILES string of the molecule is C=CC=C(C)c1c(C)cccc1C(=C)N1CCC2(CC1)CC(CCC)CC(c1ccccc1)C2. The van der Waals surface area contributed by atoms with Crippen LogP contribution < -0.4 is 0 Å². The Morgan fingerprint density at radius 2 is 1.79 bits per heavy atom. The number of hydrogen-bond donors (Lipinski definition) is 0. The molecule has 0 bridgehead atoms. The number of piperidine rings is 1. The molecular formula is C33H43N. The number of nitrogens with zero attached hydrogens (tertiary/aromatic N) is 1. The van der Waals surface area contributed by atoms with E-state index in [0.29, 0.717) is 5.41 Å². The van der Waals surface area contributed by atoms with Gasteiger partial charge in [-0.15, -0.1) is 0 Å². The maximum Gasteiger partial charge on any atom is 0.0373 e. The molecule has 2 fully saturated rings. The fraction of sp³-hybridized carbons (Fsp3) is 0.455. The summed E-state index contributed by atoms with van der Waals surface area (Å²) in [7, 11) is 0. The van der Waals surface area contributed by atoms with Crippen molar-refractivity contribution < 1.29 is 0 Å². The minimum absolute atomic E-state index is 0.490. The Labute approximate surface area is 208 Å². The summed E-state index contributed by atoms with van der Waals surface area (Å²) < 4.78 is 0. The van der Waals surface area contributed by atoms with Crippen molar-refractivity contribution in [3.8, 4) is 0 Å². The third-order valence-corrected chi connectivity index (χ3v) is 8.54. The van der Waals surface area contributed by atoms with Gasteiger partial charge in [0.15, 0.2) is 0 Å². The van der Waals surface area contributed by atoms with Gasteiger partial charge in [-0.05, 0) is 85.5 Å². The highest BCUT2D eigenvalue weighted by atomic mass is 15.1. The number of benzene rings is 2. The van der Waals surface area contributed by atoms with Crippen LogP contribution in [0.2, 0.25) is 0 Å². The Morgan fingerprint density at radius 1 is 1.06 bits per heavy atom. The summed E-state index contributed by atoms with van der Waals surface area (Å²) >= 11 is 0. The lowest BCUT2D eigenvalue weighted by atomic mass is 9.59. The maximum atomic E-state index is 4.61. The van der Waals surface area contributed by atoms with Gasteiger partial charge in [-0.25, -0.2) is 0 Å². The lowest BCUT2D eigenvalue weighted by Crippen LogP contribution is -2.43. The molecule has 34 heavy (non-hydrogen) atoms. The van der Waals surface area contributed by atoms with E-state index in [9.17, 15) is 0 Å². The van der Waals surface area contributed by atoms with E-state index < -0.39 is 0 Å². The van der Waals surface area contributed by atoms with Gasteiger partial charge in [-0.1, -0.05) is 93.6 Å². The quantitative estimate of drug-likeness (QED) is 0.378. The molecule has 2 aromatic rings. The van der Waals surface area contributed by atoms with Crippen molar-refractivity contribution in [2.45, 2.75) is 71.6 Å². The smallest absolute Gasteiger partial charge is 0.0373 e. The summed E-state index contributed by atoms with van der Waals surface area (Å²) in [5.41, 5.74) is 8.40. The van der Waals surface area contributed by atoms with Gasteiger partial charge < -0.3 is 4.90 Å². The second-order valence-corrected chi connectivity index (χ2v) is 10.9. The Kier molecular flexibility index (Phi) is 7.81. The summed E-state index contributed by atoms with van der Waals surface area (Å²) in [6.45, 7) is 17.5. The minimum atomic E-state index is 0.490. The van der Waals surface area contributed by atoms with Crippen LogP contribution in [0, 0.1) is 18.3 Å². The molecule has 2 aromatic carbocycles. The molecule has 2 unspecified atom stereocenters. The maximum absolute atomic E-state index is 4.61. The van der Waals surface area contributed by atoms with Gasteiger partial charge in [-0.2, -0.15) is 0 Å². The molecule has 1 spiro atoms. The van der Waals surface area contributed by atoms with Crippen molar-refractivity contribution in [1.82, 2.24) is 4.90 Å². The Hall–Kier alpha value is -2.54. The van der Waals surface area contributed by atoms with Crippen LogP contribution in [0.5, 0.6) is 0 Å². The molecule has 1 aliphatic carbocycles. The summed E-state index contributed by atoms with van der Waals surface area (Å²) in [6.07, 6.45) is 13.4. The van der Waals surface area contributed by atoms with Crippen molar-refractivity contribution in [3.05, 3.63) is 96.1 Å². The first-order chi connectivity index (χ1) is 16.5. The summed E-state index contributed by atoms with van der Waals surface area (Å²) in [5, 5.41) is 0. The zero-order valence-corrected chi connectivity index (χ0v) is 21.7. The molecule has 0 radical (unpaired) electrons. The van der Waals surface area contributed by atoms with E-state index in [1.165, 1.54) is 72.9 Å². The fourth-order valence-electron chi connectivity index (χ4n) is 6.92. The predicted molar refractivity (Wildman–Crippen MR) is 149 cm³/mol. The van der Waals surface area contributed by atoms with Crippen molar-refractivity contribution in [3.63, 3.8) is 0 Å². The largest absolute Gasteiger partial charge is 0.371 e. The molecule has 4 rings (SSSR count). The molecule has 2 aliphatic rings. The number of rotatable bonds is 7. The number of aryl methyl sites for hydroxylation is 1. The molecule has 1 saturated carbocycles. The first-order valence-corrected chi connectivity index (χ1v) is 13.3. The van der Waals surface area contributed by atoms with Crippen molar-refractivity contribution in [2.24, 2.45) is 11.3 Å². The molecule has 1 heterocycles. The number of likely N-dealkylation sites (tertiary alicyclic amines) is 1. The topological polar surface area (TPSA) is 3.24 Å². The van der Waals surface area contributed by atoms with E-state index in [0.717, 1.165) is 24.9 Å². The van der Waals surface area contributed by atoms with Gasteiger partial charge in [0.25, 0.3) is 0 Å². The molecule has 1 saturated heterocycles. The van der Waals surface area contributed by atoms with Crippen LogP contribution in [0.1, 0.15) is 87.0 Å². The molecule has 2 atom stereocenters. The molecule has 0 amide bonds. The Balaban J connectivity index is 1.52. The van der Waals surface area contributed by atoms with Crippen LogP contribution in [-0.4, -0.2) is 18.0 Å². The molecule has 1 heteroatoms. The van der Waals surface area contributed by atoms with Gasteiger partial charge in [0.1, 0.15) is 0 Å². The van der Waals surface area contributed by atoms with Gasteiger partial charge in [0, 0.05) is 24.4 Å². The standard InChI is InChI=1S/C33H43N/c1-6-12-25(3)32-26(4)14-11-17-31(32)27(5)34-20-18-33(19-21-34)23-28(13-7-2)22-30(24-33)29-15-9-8-10-16-29/h6,8-12,14-17,28,30H,1,5,7,13,18-24H2,2-4H3. The van der Waals surface area contributed by atoms with E-state index in [1.807, 2.05) is 6.08 Å². The van der Waals surface area contributed by atoms with E-state index >= 15 is 0 Å². The molecular weight excluding hydrogens is 410 g/mol. The Morgan fingerprint density at radius 3 is 2.47 bits per heavy atom. The number of allylic oxidation sites excluding steroid dienone is 3. The van der Waals surface area contributed by atoms with Crippen molar-refractivity contribution in [2.75, 3.05) is 13.1 Å². The van der Waals surface area contributed by atoms with Crippen LogP contribution in [-0.2, 0) is 0 Å². The average molecular weight is 454 g/mol. The highest BCUT2D eigenvalue weighted by Gasteiger charge is 2.42. The Bertz CT molecular complexity index is 1020. The second kappa shape index (κ2) is 10.8. The van der Waals surface area contributed by atoms with Crippen LogP contribution in [0.15, 0.2) is 73.8 Å². The number of hydrogen-bond acceptors (Lipinski definition) is 1. The summed E-state index contributed by atoms with van der Waals surface area (Å²) in [4.78, 5) is 2.56. The van der Waals surface area contributed by atoms with E-state index in [2.05, 4.69) is 93.4 Å². The highest BCUT2D eigenvalue weighted by Crippen LogP contribution is 2.53. The molecule has 1 nitrogen and oxygen atoms in total. The lowest BCUT2D eigenvalue weighted by molar-refractivity contribution is 0.0510. The second-order valence-electron chi connectivity index (χ2n) is 10.9. The molecule has 1 aliphatic heterocycles. The van der Waals surface area contributed by atoms with Crippen LogP contribution in [0.4, 0.5) is 0 Å². The average Bonchev–Trinajstić information content (AvgIpc) is 2.84.